The van der Waals surface area contributed by atoms with Gasteiger partial charge in [-0.25, -0.2) is 13.8 Å². The molecule has 20 heavy (non-hydrogen) atoms. The first kappa shape index (κ1) is 12.0. The second-order valence-electron chi connectivity index (χ2n) is 5.08. The first-order valence-electron chi connectivity index (χ1n) is 6.67. The van der Waals surface area contributed by atoms with Crippen LogP contribution in [0.5, 0.6) is 0 Å². The van der Waals surface area contributed by atoms with Gasteiger partial charge >= 0.3 is 0 Å². The third kappa shape index (κ3) is 1.77. The zero-order valence-electron chi connectivity index (χ0n) is 10.7. The molecule has 0 unspecified atom stereocenters. The number of nitrogens with zero attached hydrogens (tertiary/aromatic N) is 2. The van der Waals surface area contributed by atoms with Gasteiger partial charge in [0.25, 0.3) is 0 Å². The van der Waals surface area contributed by atoms with Crippen LogP contribution in [0.1, 0.15) is 23.4 Å². The van der Waals surface area contributed by atoms with Gasteiger partial charge in [-0.15, -0.1) is 11.3 Å². The van der Waals surface area contributed by atoms with E-state index in [1.54, 1.807) is 11.3 Å². The van der Waals surface area contributed by atoms with Crippen LogP contribution in [0.15, 0.2) is 24.4 Å². The molecule has 4 rings (SSSR count). The summed E-state index contributed by atoms with van der Waals surface area (Å²) < 4.78 is 28.9. The molecule has 0 saturated heterocycles. The van der Waals surface area contributed by atoms with Gasteiger partial charge in [-0.1, -0.05) is 0 Å². The number of halogens is 2. The maximum absolute atomic E-state index is 13.8. The molecular weight excluding hydrogens is 278 g/mol. The lowest BCUT2D eigenvalue weighted by atomic mass is 10.0. The second kappa shape index (κ2) is 4.38. The number of imidazole rings is 1. The van der Waals surface area contributed by atoms with Gasteiger partial charge < -0.3 is 0 Å². The highest BCUT2D eigenvalue weighted by Crippen LogP contribution is 2.32. The number of benzene rings is 1. The van der Waals surface area contributed by atoms with Crippen LogP contribution < -0.4 is 0 Å². The van der Waals surface area contributed by atoms with E-state index in [0.29, 0.717) is 11.3 Å². The minimum atomic E-state index is -0.565. The molecule has 0 radical (unpaired) electrons. The zero-order valence-corrected chi connectivity index (χ0v) is 11.5. The Morgan fingerprint density at radius 3 is 2.85 bits per heavy atom. The summed E-state index contributed by atoms with van der Waals surface area (Å²) in [6.45, 7) is 0. The third-order valence-electron chi connectivity index (χ3n) is 3.78. The third-order valence-corrected chi connectivity index (χ3v) is 4.93. The van der Waals surface area contributed by atoms with Crippen LogP contribution in [0.2, 0.25) is 0 Å². The first-order valence-corrected chi connectivity index (χ1v) is 7.49. The Hall–Kier alpha value is -1.75. The molecule has 5 heteroatoms. The molecule has 0 saturated carbocycles. The lowest BCUT2D eigenvalue weighted by Gasteiger charge is -2.09. The maximum atomic E-state index is 13.8. The Morgan fingerprint density at radius 1 is 1.15 bits per heavy atom. The van der Waals surface area contributed by atoms with Gasteiger partial charge in [0.15, 0.2) is 4.96 Å². The Bertz CT molecular complexity index is 804. The van der Waals surface area contributed by atoms with Crippen molar-refractivity contribution in [3.8, 4) is 11.3 Å². The molecule has 0 bridgehead atoms. The van der Waals surface area contributed by atoms with Gasteiger partial charge in [-0.3, -0.25) is 4.40 Å². The van der Waals surface area contributed by atoms with Crippen LogP contribution in [-0.4, -0.2) is 9.38 Å². The summed E-state index contributed by atoms with van der Waals surface area (Å²) in [5.41, 5.74) is 2.23. The van der Waals surface area contributed by atoms with Gasteiger partial charge in [0.05, 0.1) is 5.69 Å². The van der Waals surface area contributed by atoms with Crippen molar-refractivity contribution in [2.24, 2.45) is 0 Å². The minimum absolute atomic E-state index is 0.354. The van der Waals surface area contributed by atoms with E-state index in [2.05, 4.69) is 9.38 Å². The van der Waals surface area contributed by atoms with Crippen LogP contribution >= 0.6 is 11.3 Å². The molecule has 2 heterocycles. The molecule has 0 N–H and O–H groups in total. The Labute approximate surface area is 118 Å². The predicted octanol–water partition coefficient (Wildman–Crippen LogP) is 4.22. The first-order chi connectivity index (χ1) is 9.72. The number of hydrogen-bond acceptors (Lipinski definition) is 2. The summed E-state index contributed by atoms with van der Waals surface area (Å²) in [4.78, 5) is 6.79. The average molecular weight is 290 g/mol. The van der Waals surface area contributed by atoms with Crippen molar-refractivity contribution in [2.75, 3.05) is 0 Å². The molecule has 0 amide bonds. The highest BCUT2D eigenvalue weighted by Gasteiger charge is 2.19. The Morgan fingerprint density at radius 2 is 2.00 bits per heavy atom. The molecule has 0 spiro atoms. The quantitative estimate of drug-likeness (QED) is 0.656. The largest absolute Gasteiger partial charge is 0.294 e. The van der Waals surface area contributed by atoms with Gasteiger partial charge in [0.1, 0.15) is 11.6 Å². The fourth-order valence-electron chi connectivity index (χ4n) is 2.79. The summed E-state index contributed by atoms with van der Waals surface area (Å²) in [5.74, 6) is -1.13. The summed E-state index contributed by atoms with van der Waals surface area (Å²) >= 11 is 1.68. The van der Waals surface area contributed by atoms with Crippen molar-refractivity contribution in [1.82, 2.24) is 9.38 Å². The Balaban J connectivity index is 1.87. The van der Waals surface area contributed by atoms with Gasteiger partial charge in [-0.2, -0.15) is 0 Å². The summed E-state index contributed by atoms with van der Waals surface area (Å²) in [6.07, 6.45) is 6.46. The van der Waals surface area contributed by atoms with Crippen molar-refractivity contribution in [3.63, 3.8) is 0 Å². The SMILES string of the molecule is Fc1ccc(-c2cn3c4c(sc3n2)CCCC4)c(F)c1. The van der Waals surface area contributed by atoms with Gasteiger partial charge in [0, 0.05) is 28.4 Å². The van der Waals surface area contributed by atoms with E-state index in [-0.39, 0.29) is 0 Å². The van der Waals surface area contributed by atoms with E-state index in [1.807, 2.05) is 6.20 Å². The number of thiazole rings is 1. The molecule has 0 aliphatic heterocycles. The van der Waals surface area contributed by atoms with E-state index in [9.17, 15) is 8.78 Å². The van der Waals surface area contributed by atoms with Gasteiger partial charge in [0.2, 0.25) is 0 Å². The van der Waals surface area contributed by atoms with Crippen molar-refractivity contribution in [1.29, 1.82) is 0 Å². The van der Waals surface area contributed by atoms with Crippen molar-refractivity contribution in [3.05, 3.63) is 46.6 Å². The van der Waals surface area contributed by atoms with E-state index in [0.717, 1.165) is 23.9 Å². The van der Waals surface area contributed by atoms with E-state index in [4.69, 9.17) is 0 Å². The fourth-order valence-corrected chi connectivity index (χ4v) is 3.98. The standard InChI is InChI=1S/C15H12F2N2S/c16-9-5-6-10(11(17)7-9)12-8-19-13-3-1-2-4-14(13)20-15(19)18-12/h5-8H,1-4H2. The predicted molar refractivity (Wildman–Crippen MR) is 75.1 cm³/mol. The van der Waals surface area contributed by atoms with Crippen LogP contribution in [0, 0.1) is 11.6 Å². The zero-order chi connectivity index (χ0) is 13.7. The highest BCUT2D eigenvalue weighted by atomic mass is 32.1. The van der Waals surface area contributed by atoms with Crippen LogP contribution in [0.25, 0.3) is 16.2 Å². The highest BCUT2D eigenvalue weighted by molar-refractivity contribution is 7.17. The van der Waals surface area contributed by atoms with Crippen molar-refractivity contribution < 1.29 is 8.78 Å². The lowest BCUT2D eigenvalue weighted by Crippen LogP contribution is -2.01. The molecule has 2 aromatic heterocycles. The topological polar surface area (TPSA) is 17.3 Å². The van der Waals surface area contributed by atoms with Gasteiger partial charge in [-0.05, 0) is 37.8 Å². The molecular formula is C15H12F2N2S. The summed E-state index contributed by atoms with van der Waals surface area (Å²) in [6, 6.07) is 3.61. The monoisotopic (exact) mass is 290 g/mol. The number of aryl methyl sites for hydroxylation is 2. The fraction of sp³-hybridized carbons (Fsp3) is 0.267. The molecule has 1 aliphatic rings. The van der Waals surface area contributed by atoms with Crippen LogP contribution in [0.3, 0.4) is 0 Å². The molecule has 1 aromatic carbocycles. The number of rotatable bonds is 1. The van der Waals surface area contributed by atoms with Crippen LogP contribution in [0.4, 0.5) is 8.78 Å². The minimum Gasteiger partial charge on any atom is -0.294 e. The second-order valence-corrected chi connectivity index (χ2v) is 6.14. The van der Waals surface area contributed by atoms with Crippen LogP contribution in [-0.2, 0) is 12.8 Å². The summed E-state index contributed by atoms with van der Waals surface area (Å²) in [5, 5.41) is 0. The maximum Gasteiger partial charge on any atom is 0.194 e. The molecule has 2 nitrogen and oxygen atoms in total. The smallest absolute Gasteiger partial charge is 0.194 e. The molecule has 0 atom stereocenters. The molecule has 1 aliphatic carbocycles. The number of aromatic nitrogens is 2. The van der Waals surface area contributed by atoms with E-state index in [1.165, 1.54) is 35.5 Å². The normalized spacial score (nSPS) is 14.7. The molecule has 102 valence electrons. The number of hydrogen-bond donors (Lipinski definition) is 0. The average Bonchev–Trinajstić information content (AvgIpc) is 2.96. The van der Waals surface area contributed by atoms with Crippen molar-refractivity contribution in [2.45, 2.75) is 25.7 Å². The number of fused-ring (bicyclic) bond motifs is 3. The Kier molecular flexibility index (Phi) is 2.63. The van der Waals surface area contributed by atoms with Crippen molar-refractivity contribution >= 4 is 16.3 Å². The molecule has 3 aromatic rings. The van der Waals surface area contributed by atoms with E-state index < -0.39 is 11.6 Å². The van der Waals surface area contributed by atoms with E-state index >= 15 is 0 Å². The molecule has 0 fully saturated rings. The lowest BCUT2D eigenvalue weighted by molar-refractivity contribution is 0.585. The summed E-state index contributed by atoms with van der Waals surface area (Å²) in [7, 11) is 0.